The molecule has 1 aliphatic rings. The minimum atomic E-state index is -0.695. The molecule has 0 amide bonds. The number of H-pyrrole nitrogens is 1. The van der Waals surface area contributed by atoms with Gasteiger partial charge in [0.2, 0.25) is 0 Å². The van der Waals surface area contributed by atoms with Crippen LogP contribution in [0.3, 0.4) is 0 Å². The summed E-state index contributed by atoms with van der Waals surface area (Å²) in [5, 5.41) is 9.70. The van der Waals surface area contributed by atoms with E-state index in [0.29, 0.717) is 17.5 Å². The van der Waals surface area contributed by atoms with Gasteiger partial charge < -0.3 is 19.9 Å². The fourth-order valence-electron chi connectivity index (χ4n) is 3.40. The molecule has 1 aliphatic heterocycles. The molecule has 0 aliphatic carbocycles. The monoisotopic (exact) mass is 344 g/mol. The molecule has 3 atom stereocenters. The highest BCUT2D eigenvalue weighted by Crippen LogP contribution is 2.25. The maximum atomic E-state index is 11.8. The average Bonchev–Trinajstić information content (AvgIpc) is 2.53. The Morgan fingerprint density at radius 3 is 2.52 bits per heavy atom. The van der Waals surface area contributed by atoms with E-state index in [1.54, 1.807) is 26.1 Å². The SMILES string of the molecule is Cc1nc(N2[C@H](C)CN(c3ccnc([C@@H](C)O)n3)C[C@@H]2C)cc(=O)[nH]1. The molecule has 3 rings (SSSR count). The van der Waals surface area contributed by atoms with Gasteiger partial charge in [0.05, 0.1) is 0 Å². The Labute approximate surface area is 146 Å². The van der Waals surface area contributed by atoms with Crippen LogP contribution >= 0.6 is 0 Å². The Bertz CT molecular complexity index is 794. The minimum Gasteiger partial charge on any atom is -0.385 e. The van der Waals surface area contributed by atoms with Crippen LogP contribution in [0.4, 0.5) is 11.6 Å². The van der Waals surface area contributed by atoms with E-state index in [1.807, 2.05) is 6.07 Å². The number of aromatic nitrogens is 4. The number of aromatic amines is 1. The van der Waals surface area contributed by atoms with Crippen molar-refractivity contribution in [3.63, 3.8) is 0 Å². The average molecular weight is 344 g/mol. The largest absolute Gasteiger partial charge is 0.385 e. The molecule has 0 saturated carbocycles. The van der Waals surface area contributed by atoms with Crippen molar-refractivity contribution >= 4 is 11.6 Å². The molecule has 134 valence electrons. The second-order valence-corrected chi connectivity index (χ2v) is 6.65. The molecular formula is C17H24N6O2. The van der Waals surface area contributed by atoms with Gasteiger partial charge >= 0.3 is 0 Å². The van der Waals surface area contributed by atoms with E-state index >= 15 is 0 Å². The quantitative estimate of drug-likeness (QED) is 0.858. The van der Waals surface area contributed by atoms with Crippen LogP contribution in [0.5, 0.6) is 0 Å². The number of anilines is 2. The van der Waals surface area contributed by atoms with Crippen LogP contribution in [0.15, 0.2) is 23.1 Å². The van der Waals surface area contributed by atoms with Gasteiger partial charge in [-0.2, -0.15) is 0 Å². The number of aryl methyl sites for hydroxylation is 1. The summed E-state index contributed by atoms with van der Waals surface area (Å²) in [6.07, 6.45) is 0.979. The molecule has 0 unspecified atom stereocenters. The first kappa shape index (κ1) is 17.3. The van der Waals surface area contributed by atoms with Crippen LogP contribution in [-0.2, 0) is 0 Å². The van der Waals surface area contributed by atoms with Gasteiger partial charge in [0.15, 0.2) is 5.82 Å². The summed E-state index contributed by atoms with van der Waals surface area (Å²) in [5.74, 6) is 2.54. The molecule has 3 heterocycles. The molecule has 25 heavy (non-hydrogen) atoms. The van der Waals surface area contributed by atoms with Crippen molar-refractivity contribution in [3.8, 4) is 0 Å². The lowest BCUT2D eigenvalue weighted by atomic mass is 10.1. The number of hydrogen-bond acceptors (Lipinski definition) is 7. The molecule has 2 N–H and O–H groups in total. The Hall–Kier alpha value is -2.48. The van der Waals surface area contributed by atoms with Gasteiger partial charge in [-0.25, -0.2) is 15.0 Å². The van der Waals surface area contributed by atoms with Crippen molar-refractivity contribution in [1.82, 2.24) is 19.9 Å². The van der Waals surface area contributed by atoms with Gasteiger partial charge in [-0.05, 0) is 33.8 Å². The predicted octanol–water partition coefficient (Wildman–Crippen LogP) is 1.03. The van der Waals surface area contributed by atoms with Crippen LogP contribution in [0.2, 0.25) is 0 Å². The number of aliphatic hydroxyl groups is 1. The van der Waals surface area contributed by atoms with Crippen LogP contribution in [-0.4, -0.2) is 50.2 Å². The summed E-state index contributed by atoms with van der Waals surface area (Å²) in [6.45, 7) is 9.15. The summed E-state index contributed by atoms with van der Waals surface area (Å²) in [7, 11) is 0. The van der Waals surface area contributed by atoms with Crippen molar-refractivity contribution < 1.29 is 5.11 Å². The zero-order valence-electron chi connectivity index (χ0n) is 15.0. The summed E-state index contributed by atoms with van der Waals surface area (Å²) in [5.41, 5.74) is -0.137. The van der Waals surface area contributed by atoms with E-state index < -0.39 is 6.10 Å². The number of nitrogens with zero attached hydrogens (tertiary/aromatic N) is 5. The van der Waals surface area contributed by atoms with Gasteiger partial charge in [0, 0.05) is 37.4 Å². The first-order valence-corrected chi connectivity index (χ1v) is 8.47. The van der Waals surface area contributed by atoms with E-state index in [-0.39, 0.29) is 17.6 Å². The van der Waals surface area contributed by atoms with Crippen LogP contribution in [0, 0.1) is 6.92 Å². The molecule has 8 heteroatoms. The second-order valence-electron chi connectivity index (χ2n) is 6.65. The molecule has 2 aromatic heterocycles. The number of rotatable bonds is 3. The van der Waals surface area contributed by atoms with Crippen molar-refractivity contribution in [1.29, 1.82) is 0 Å². The fraction of sp³-hybridized carbons (Fsp3) is 0.529. The summed E-state index contributed by atoms with van der Waals surface area (Å²) >= 11 is 0. The zero-order valence-corrected chi connectivity index (χ0v) is 15.0. The first-order valence-electron chi connectivity index (χ1n) is 8.47. The minimum absolute atomic E-state index is 0.137. The Morgan fingerprint density at radius 1 is 1.24 bits per heavy atom. The van der Waals surface area contributed by atoms with E-state index in [2.05, 4.69) is 43.6 Å². The Kier molecular flexibility index (Phi) is 4.71. The highest BCUT2D eigenvalue weighted by atomic mass is 16.3. The van der Waals surface area contributed by atoms with Crippen LogP contribution < -0.4 is 15.4 Å². The molecule has 8 nitrogen and oxygen atoms in total. The van der Waals surface area contributed by atoms with E-state index in [1.165, 1.54) is 0 Å². The number of piperazine rings is 1. The summed E-state index contributed by atoms with van der Waals surface area (Å²) < 4.78 is 0. The van der Waals surface area contributed by atoms with Crippen molar-refractivity contribution in [2.24, 2.45) is 0 Å². The number of aliphatic hydroxyl groups excluding tert-OH is 1. The molecule has 2 aromatic rings. The molecule has 0 bridgehead atoms. The van der Waals surface area contributed by atoms with Crippen molar-refractivity contribution in [3.05, 3.63) is 40.3 Å². The molecule has 0 aromatic carbocycles. The Morgan fingerprint density at radius 2 is 1.92 bits per heavy atom. The molecule has 0 radical (unpaired) electrons. The molecule has 1 saturated heterocycles. The van der Waals surface area contributed by atoms with Crippen LogP contribution in [0.1, 0.15) is 38.5 Å². The van der Waals surface area contributed by atoms with E-state index in [9.17, 15) is 9.90 Å². The van der Waals surface area contributed by atoms with E-state index in [0.717, 1.165) is 18.9 Å². The van der Waals surface area contributed by atoms with E-state index in [4.69, 9.17) is 0 Å². The van der Waals surface area contributed by atoms with Gasteiger partial charge in [0.1, 0.15) is 23.6 Å². The van der Waals surface area contributed by atoms with Gasteiger partial charge in [-0.3, -0.25) is 4.79 Å². The Balaban J connectivity index is 1.85. The lowest BCUT2D eigenvalue weighted by molar-refractivity contribution is 0.189. The number of hydrogen-bond donors (Lipinski definition) is 2. The first-order chi connectivity index (χ1) is 11.8. The zero-order chi connectivity index (χ0) is 18.1. The van der Waals surface area contributed by atoms with Gasteiger partial charge in [0.25, 0.3) is 5.56 Å². The molecular weight excluding hydrogens is 320 g/mol. The predicted molar refractivity (Wildman–Crippen MR) is 95.9 cm³/mol. The second kappa shape index (κ2) is 6.79. The van der Waals surface area contributed by atoms with Gasteiger partial charge in [-0.15, -0.1) is 0 Å². The molecule has 0 spiro atoms. The third kappa shape index (κ3) is 3.63. The maximum Gasteiger partial charge on any atom is 0.252 e. The summed E-state index contributed by atoms with van der Waals surface area (Å²) in [4.78, 5) is 31.9. The fourth-order valence-corrected chi connectivity index (χ4v) is 3.40. The maximum absolute atomic E-state index is 11.8. The lowest BCUT2D eigenvalue weighted by Gasteiger charge is -2.45. The third-order valence-electron chi connectivity index (χ3n) is 4.39. The number of nitrogens with one attached hydrogen (secondary N) is 1. The topological polar surface area (TPSA) is 98.2 Å². The lowest BCUT2D eigenvalue weighted by Crippen LogP contribution is -2.57. The summed E-state index contributed by atoms with van der Waals surface area (Å²) in [6, 6.07) is 3.72. The van der Waals surface area contributed by atoms with Gasteiger partial charge in [-0.1, -0.05) is 0 Å². The third-order valence-corrected chi connectivity index (χ3v) is 4.39. The highest BCUT2D eigenvalue weighted by Gasteiger charge is 2.31. The highest BCUT2D eigenvalue weighted by molar-refractivity contribution is 5.47. The molecule has 1 fully saturated rings. The smallest absolute Gasteiger partial charge is 0.252 e. The van der Waals surface area contributed by atoms with Crippen LogP contribution in [0.25, 0.3) is 0 Å². The van der Waals surface area contributed by atoms with Crippen molar-refractivity contribution in [2.75, 3.05) is 22.9 Å². The van der Waals surface area contributed by atoms with Crippen molar-refractivity contribution in [2.45, 2.75) is 45.9 Å². The standard InChI is InChI=1S/C17H24N6O2/c1-10-8-22(14-5-6-18-17(21-14)12(3)24)9-11(2)23(10)15-7-16(25)20-13(4)19-15/h5-7,10-12,24H,8-9H2,1-4H3,(H,19,20,25)/t10-,11+,12-/m1/s1. The normalized spacial score (nSPS) is 22.1.